The summed E-state index contributed by atoms with van der Waals surface area (Å²) in [7, 11) is -0.792. The van der Waals surface area contributed by atoms with Crippen LogP contribution in [0.15, 0.2) is 66.7 Å². The third kappa shape index (κ3) is 4.88. The summed E-state index contributed by atoms with van der Waals surface area (Å²) in [5, 5.41) is 0. The quantitative estimate of drug-likeness (QED) is 0.225. The number of fused-ring (bicyclic) bond motifs is 1. The summed E-state index contributed by atoms with van der Waals surface area (Å²) in [5.41, 5.74) is -1.37. The smallest absolute Gasteiger partial charge is 0.496 e. The zero-order valence-electron chi connectivity index (χ0n) is 19.8. The number of benzene rings is 4. The molecule has 0 aliphatic carbocycles. The molecule has 0 aromatic heterocycles. The van der Waals surface area contributed by atoms with E-state index in [2.05, 4.69) is 0 Å². The van der Waals surface area contributed by atoms with E-state index in [1.165, 1.54) is 30.3 Å². The van der Waals surface area contributed by atoms with E-state index in [1.54, 1.807) is 0 Å². The highest BCUT2D eigenvalue weighted by molar-refractivity contribution is 6.45. The summed E-state index contributed by atoms with van der Waals surface area (Å²) < 4.78 is 90.9. The molecule has 1 heterocycles. The molecule has 196 valence electrons. The van der Waals surface area contributed by atoms with Crippen molar-refractivity contribution < 1.29 is 50.2 Å². The Balaban J connectivity index is 1.41. The van der Waals surface area contributed by atoms with Crippen molar-refractivity contribution in [1.82, 2.24) is 0 Å². The fourth-order valence-electron chi connectivity index (χ4n) is 3.99. The number of halogens is 5. The molecule has 0 bridgehead atoms. The van der Waals surface area contributed by atoms with Crippen molar-refractivity contribution in [2.75, 3.05) is 7.11 Å². The van der Waals surface area contributed by atoms with Crippen LogP contribution in [-0.2, 0) is 9.31 Å². The first-order valence-electron chi connectivity index (χ1n) is 11.2. The number of hydrogen-bond donors (Lipinski definition) is 0. The number of hydrogen-bond acceptors (Lipinski definition) is 6. The second-order valence-electron chi connectivity index (χ2n) is 8.18. The summed E-state index contributed by atoms with van der Waals surface area (Å²) in [4.78, 5) is 25.5. The van der Waals surface area contributed by atoms with Crippen LogP contribution < -0.4 is 9.39 Å². The molecule has 0 fully saturated rings. The minimum Gasteiger partial charge on any atom is -0.496 e. The molecule has 4 aromatic rings. The molecule has 4 aromatic carbocycles. The monoisotopic (exact) mass is 540 g/mol. The number of carbonyl (C=O) groups excluding carboxylic acids is 2. The van der Waals surface area contributed by atoms with Crippen LogP contribution >= 0.6 is 0 Å². The minimum atomic E-state index is -1.94. The predicted molar refractivity (Wildman–Crippen MR) is 127 cm³/mol. The lowest BCUT2D eigenvalue weighted by molar-refractivity contribution is 0.0493. The molecule has 0 saturated carbocycles. The number of ether oxygens (including phenoxy) is 1. The third-order valence-corrected chi connectivity index (χ3v) is 5.82. The maximum Gasteiger partial charge on any atom is 0.868 e. The zero-order chi connectivity index (χ0) is 27.8. The Hall–Kier alpha value is -4.87. The second-order valence-corrected chi connectivity index (χ2v) is 8.18. The molecule has 0 amide bonds. The number of methoxy groups -OCH3 is 1. The number of rotatable bonds is 5. The average Bonchev–Trinajstić information content (AvgIpc) is 2.89. The SMILES string of the molecule is COc1ccc(-c2ccc(F)cc2F)c(F)c1C(=O)OB1OC(=O)c2cc(-c3ccc(F)cc3F)ccc2O1. The molecule has 0 N–H and O–H groups in total. The molecule has 0 spiro atoms. The van der Waals surface area contributed by atoms with Gasteiger partial charge in [0.15, 0.2) is 0 Å². The molecular weight excluding hydrogens is 526 g/mol. The van der Waals surface area contributed by atoms with E-state index in [-0.39, 0.29) is 39.3 Å². The van der Waals surface area contributed by atoms with Crippen LogP contribution in [0.2, 0.25) is 0 Å². The van der Waals surface area contributed by atoms with Crippen molar-refractivity contribution in [2.45, 2.75) is 0 Å². The maximum atomic E-state index is 15.4. The van der Waals surface area contributed by atoms with E-state index in [4.69, 9.17) is 18.7 Å². The zero-order valence-corrected chi connectivity index (χ0v) is 19.8. The van der Waals surface area contributed by atoms with E-state index in [0.29, 0.717) is 12.1 Å². The van der Waals surface area contributed by atoms with E-state index in [0.717, 1.165) is 31.4 Å². The van der Waals surface area contributed by atoms with E-state index in [9.17, 15) is 27.2 Å². The van der Waals surface area contributed by atoms with Crippen molar-refractivity contribution in [1.29, 1.82) is 0 Å². The largest absolute Gasteiger partial charge is 0.868 e. The van der Waals surface area contributed by atoms with Crippen LogP contribution in [0.3, 0.4) is 0 Å². The standard InChI is InChI=1S/C27H14BF5O6/c1-36-23-9-7-18(17-6-4-15(30)12-21(17)32)25(33)24(23)27(35)39-28-37-22-8-2-13(10-19(22)26(34)38-28)16-5-3-14(29)11-20(16)31/h2-12H,1H3. The Morgan fingerprint density at radius 1 is 0.744 bits per heavy atom. The molecule has 1 aliphatic rings. The summed E-state index contributed by atoms with van der Waals surface area (Å²) in [5.74, 6) is -7.57. The molecule has 6 nitrogen and oxygen atoms in total. The van der Waals surface area contributed by atoms with Gasteiger partial charge in [0.1, 0.15) is 46.1 Å². The van der Waals surface area contributed by atoms with Crippen LogP contribution in [0.5, 0.6) is 11.5 Å². The Labute approximate surface area is 217 Å². The second kappa shape index (κ2) is 10.1. The fraction of sp³-hybridized carbons (Fsp3) is 0.0370. The number of carbonyl (C=O) groups is 2. The van der Waals surface area contributed by atoms with Gasteiger partial charge in [-0.05, 0) is 54.1 Å². The summed E-state index contributed by atoms with van der Waals surface area (Å²) >= 11 is 0. The molecule has 39 heavy (non-hydrogen) atoms. The lowest BCUT2D eigenvalue weighted by atomic mass is 9.99. The van der Waals surface area contributed by atoms with Crippen LogP contribution in [0.25, 0.3) is 22.3 Å². The van der Waals surface area contributed by atoms with Gasteiger partial charge in [-0.25, -0.2) is 31.5 Å². The molecule has 1 aliphatic heterocycles. The lowest BCUT2D eigenvalue weighted by Crippen LogP contribution is -2.39. The van der Waals surface area contributed by atoms with Crippen LogP contribution in [0.1, 0.15) is 20.7 Å². The first-order valence-corrected chi connectivity index (χ1v) is 11.2. The van der Waals surface area contributed by atoms with Crippen molar-refractivity contribution in [3.8, 4) is 33.8 Å². The van der Waals surface area contributed by atoms with Crippen LogP contribution in [0, 0.1) is 29.1 Å². The molecule has 0 saturated heterocycles. The Kier molecular flexibility index (Phi) is 6.69. The fourth-order valence-corrected chi connectivity index (χ4v) is 3.99. The Bertz CT molecular complexity index is 1640. The maximum absolute atomic E-state index is 15.4. The molecule has 5 rings (SSSR count). The molecular formula is C27H14BF5O6. The van der Waals surface area contributed by atoms with Crippen molar-refractivity contribution >= 4 is 19.3 Å². The Morgan fingerprint density at radius 3 is 2.03 bits per heavy atom. The van der Waals surface area contributed by atoms with Gasteiger partial charge in [-0.1, -0.05) is 6.07 Å². The van der Waals surface area contributed by atoms with Crippen molar-refractivity contribution in [3.05, 3.63) is 107 Å². The van der Waals surface area contributed by atoms with Gasteiger partial charge in [0.05, 0.1) is 12.7 Å². The highest BCUT2D eigenvalue weighted by atomic mass is 19.1. The third-order valence-electron chi connectivity index (χ3n) is 5.82. The Morgan fingerprint density at radius 2 is 1.38 bits per heavy atom. The van der Waals surface area contributed by atoms with Crippen LogP contribution in [0.4, 0.5) is 22.0 Å². The van der Waals surface area contributed by atoms with Gasteiger partial charge in [0, 0.05) is 28.8 Å². The first kappa shape index (κ1) is 25.8. The summed E-state index contributed by atoms with van der Waals surface area (Å²) in [6, 6.07) is 11.6. The van der Waals surface area contributed by atoms with Gasteiger partial charge in [-0.2, -0.15) is 0 Å². The van der Waals surface area contributed by atoms with Crippen molar-refractivity contribution in [3.63, 3.8) is 0 Å². The molecule has 0 atom stereocenters. The molecule has 0 unspecified atom stereocenters. The van der Waals surface area contributed by atoms with E-state index in [1.807, 2.05) is 0 Å². The highest BCUT2D eigenvalue weighted by Crippen LogP contribution is 2.35. The van der Waals surface area contributed by atoms with Crippen LogP contribution in [-0.4, -0.2) is 26.4 Å². The topological polar surface area (TPSA) is 71.1 Å². The van der Waals surface area contributed by atoms with E-state index < -0.39 is 53.9 Å². The normalized spacial score (nSPS) is 12.4. The van der Waals surface area contributed by atoms with Gasteiger partial charge >= 0.3 is 19.3 Å². The predicted octanol–water partition coefficient (Wildman–Crippen LogP) is 6.12. The highest BCUT2D eigenvalue weighted by Gasteiger charge is 2.42. The molecule has 12 heteroatoms. The molecule has 0 radical (unpaired) electrons. The van der Waals surface area contributed by atoms with Crippen molar-refractivity contribution in [2.24, 2.45) is 0 Å². The minimum absolute atomic E-state index is 0.0144. The van der Waals surface area contributed by atoms with Gasteiger partial charge in [-0.15, -0.1) is 0 Å². The lowest BCUT2D eigenvalue weighted by Gasteiger charge is -2.22. The van der Waals surface area contributed by atoms with Gasteiger partial charge in [0.25, 0.3) is 0 Å². The summed E-state index contributed by atoms with van der Waals surface area (Å²) in [6.07, 6.45) is 0. The van der Waals surface area contributed by atoms with E-state index >= 15 is 4.39 Å². The average molecular weight is 540 g/mol. The van der Waals surface area contributed by atoms with Gasteiger partial charge in [-0.3, -0.25) is 0 Å². The van der Waals surface area contributed by atoms with Gasteiger partial charge in [0.2, 0.25) is 0 Å². The summed E-state index contributed by atoms with van der Waals surface area (Å²) in [6.45, 7) is 0. The first-order chi connectivity index (χ1) is 18.7. The van der Waals surface area contributed by atoms with Gasteiger partial charge < -0.3 is 18.7 Å².